The fourth-order valence-corrected chi connectivity index (χ4v) is 2.02. The number of benzene rings is 1. The Kier molecular flexibility index (Phi) is 3.63. The number of nitrogens with two attached hydrogens (primary N) is 1. The lowest BCUT2D eigenvalue weighted by Crippen LogP contribution is -2.38. The average Bonchev–Trinajstić information content (AvgIpc) is 2.09. The van der Waals surface area contributed by atoms with Gasteiger partial charge in [0, 0.05) is 17.5 Å². The lowest BCUT2D eigenvalue weighted by atomic mass is 9.88. The molecule has 0 spiro atoms. The van der Waals surface area contributed by atoms with E-state index in [1.54, 1.807) is 26.8 Å². The molecular weight excluding hydrogens is 220 g/mol. The standard InChI is InChI=1S/C14H21F2N/c1-9-6-7-12(11(3)10(9)2)14(15,16)8-13(4,5)17/h6-7H,8,17H2,1-5H3. The normalized spacial score (nSPS) is 12.9. The largest absolute Gasteiger partial charge is 0.325 e. The van der Waals surface area contributed by atoms with Gasteiger partial charge in [-0.2, -0.15) is 0 Å². The topological polar surface area (TPSA) is 26.0 Å². The molecule has 0 aliphatic heterocycles. The number of alkyl halides is 2. The first kappa shape index (κ1) is 14.1. The van der Waals surface area contributed by atoms with Crippen LogP contribution in [0.25, 0.3) is 0 Å². The van der Waals surface area contributed by atoms with E-state index in [-0.39, 0.29) is 12.0 Å². The summed E-state index contributed by atoms with van der Waals surface area (Å²) in [7, 11) is 0. The second kappa shape index (κ2) is 4.37. The molecule has 0 aliphatic rings. The van der Waals surface area contributed by atoms with Crippen molar-refractivity contribution in [2.45, 2.75) is 52.5 Å². The van der Waals surface area contributed by atoms with Crippen molar-refractivity contribution in [1.82, 2.24) is 0 Å². The van der Waals surface area contributed by atoms with E-state index in [1.165, 1.54) is 6.07 Å². The van der Waals surface area contributed by atoms with Crippen LogP contribution >= 0.6 is 0 Å². The fourth-order valence-electron chi connectivity index (χ4n) is 2.02. The molecule has 0 bridgehead atoms. The molecular formula is C14H21F2N. The lowest BCUT2D eigenvalue weighted by molar-refractivity contribution is -0.0301. The maximum absolute atomic E-state index is 14.1. The van der Waals surface area contributed by atoms with E-state index in [9.17, 15) is 8.78 Å². The molecule has 1 rings (SSSR count). The summed E-state index contributed by atoms with van der Waals surface area (Å²) < 4.78 is 28.3. The molecule has 1 aromatic rings. The predicted molar refractivity (Wildman–Crippen MR) is 67.4 cm³/mol. The number of rotatable bonds is 3. The van der Waals surface area contributed by atoms with Crippen LogP contribution in [0.4, 0.5) is 8.78 Å². The summed E-state index contributed by atoms with van der Waals surface area (Å²) in [6, 6.07) is 3.26. The predicted octanol–water partition coefficient (Wildman–Crippen LogP) is 3.83. The molecule has 0 heterocycles. The Bertz CT molecular complexity index is 417. The Morgan fingerprint density at radius 1 is 1.06 bits per heavy atom. The molecule has 3 heteroatoms. The molecule has 0 amide bonds. The third-order valence-electron chi connectivity index (χ3n) is 3.13. The van der Waals surface area contributed by atoms with Crippen LogP contribution < -0.4 is 5.73 Å². The second-order valence-electron chi connectivity index (χ2n) is 5.55. The number of aryl methyl sites for hydroxylation is 1. The van der Waals surface area contributed by atoms with E-state index in [4.69, 9.17) is 5.73 Å². The molecule has 0 saturated heterocycles. The molecule has 17 heavy (non-hydrogen) atoms. The second-order valence-corrected chi connectivity index (χ2v) is 5.55. The molecule has 96 valence electrons. The summed E-state index contributed by atoms with van der Waals surface area (Å²) in [6.45, 7) is 8.79. The molecule has 0 radical (unpaired) electrons. The zero-order chi connectivity index (χ0) is 13.4. The van der Waals surface area contributed by atoms with E-state index in [0.717, 1.165) is 11.1 Å². The highest BCUT2D eigenvalue weighted by molar-refractivity contribution is 5.41. The van der Waals surface area contributed by atoms with Crippen molar-refractivity contribution in [2.75, 3.05) is 0 Å². The fraction of sp³-hybridized carbons (Fsp3) is 0.571. The highest BCUT2D eigenvalue weighted by atomic mass is 19.3. The summed E-state index contributed by atoms with van der Waals surface area (Å²) in [5.74, 6) is -2.87. The molecule has 0 saturated carbocycles. The van der Waals surface area contributed by atoms with E-state index >= 15 is 0 Å². The van der Waals surface area contributed by atoms with Gasteiger partial charge in [-0.05, 0) is 51.3 Å². The van der Waals surface area contributed by atoms with Crippen molar-refractivity contribution in [3.63, 3.8) is 0 Å². The van der Waals surface area contributed by atoms with Crippen LogP contribution in [0, 0.1) is 20.8 Å². The third-order valence-corrected chi connectivity index (χ3v) is 3.13. The van der Waals surface area contributed by atoms with E-state index in [2.05, 4.69) is 0 Å². The Morgan fingerprint density at radius 2 is 1.59 bits per heavy atom. The minimum Gasteiger partial charge on any atom is -0.325 e. The summed E-state index contributed by atoms with van der Waals surface area (Å²) in [5.41, 5.74) is 7.54. The van der Waals surface area contributed by atoms with Crippen molar-refractivity contribution < 1.29 is 8.78 Å². The van der Waals surface area contributed by atoms with Gasteiger partial charge >= 0.3 is 0 Å². The van der Waals surface area contributed by atoms with E-state index in [0.29, 0.717) is 5.56 Å². The third kappa shape index (κ3) is 3.25. The highest BCUT2D eigenvalue weighted by Crippen LogP contribution is 2.38. The minimum absolute atomic E-state index is 0.0964. The SMILES string of the molecule is Cc1ccc(C(F)(F)CC(C)(C)N)c(C)c1C. The summed E-state index contributed by atoms with van der Waals surface area (Å²) in [5, 5.41) is 0. The Labute approximate surface area is 102 Å². The van der Waals surface area contributed by atoms with E-state index < -0.39 is 11.5 Å². The zero-order valence-electron chi connectivity index (χ0n) is 11.2. The van der Waals surface area contributed by atoms with Crippen LogP contribution in [0.2, 0.25) is 0 Å². The van der Waals surface area contributed by atoms with Gasteiger partial charge in [0.25, 0.3) is 5.92 Å². The van der Waals surface area contributed by atoms with Crippen LogP contribution in [0.15, 0.2) is 12.1 Å². The molecule has 1 aromatic carbocycles. The van der Waals surface area contributed by atoms with Gasteiger partial charge in [-0.1, -0.05) is 12.1 Å². The van der Waals surface area contributed by atoms with Crippen LogP contribution in [0.3, 0.4) is 0 Å². The maximum atomic E-state index is 14.1. The van der Waals surface area contributed by atoms with Gasteiger partial charge in [-0.25, -0.2) is 8.78 Å². The van der Waals surface area contributed by atoms with Gasteiger partial charge < -0.3 is 5.73 Å². The summed E-state index contributed by atoms with van der Waals surface area (Å²) in [4.78, 5) is 0. The van der Waals surface area contributed by atoms with Crippen molar-refractivity contribution in [1.29, 1.82) is 0 Å². The van der Waals surface area contributed by atoms with Crippen molar-refractivity contribution in [3.05, 3.63) is 34.4 Å². The molecule has 2 N–H and O–H groups in total. The smallest absolute Gasteiger partial charge is 0.275 e. The highest BCUT2D eigenvalue weighted by Gasteiger charge is 2.38. The summed E-state index contributed by atoms with van der Waals surface area (Å²) >= 11 is 0. The molecule has 1 nitrogen and oxygen atoms in total. The Balaban J connectivity index is 3.20. The number of hydrogen-bond acceptors (Lipinski definition) is 1. The van der Waals surface area contributed by atoms with Gasteiger partial charge in [0.2, 0.25) is 0 Å². The molecule has 0 aliphatic carbocycles. The molecule has 0 fully saturated rings. The number of hydrogen-bond donors (Lipinski definition) is 1. The first-order chi connectivity index (χ1) is 7.54. The van der Waals surface area contributed by atoms with E-state index in [1.807, 2.05) is 13.8 Å². The zero-order valence-corrected chi connectivity index (χ0v) is 11.2. The van der Waals surface area contributed by atoms with Gasteiger partial charge in [-0.3, -0.25) is 0 Å². The van der Waals surface area contributed by atoms with Crippen molar-refractivity contribution in [2.24, 2.45) is 5.73 Å². The van der Waals surface area contributed by atoms with Gasteiger partial charge in [0.1, 0.15) is 0 Å². The maximum Gasteiger partial charge on any atom is 0.275 e. The lowest BCUT2D eigenvalue weighted by Gasteiger charge is -2.27. The minimum atomic E-state index is -2.87. The van der Waals surface area contributed by atoms with Crippen molar-refractivity contribution >= 4 is 0 Å². The first-order valence-corrected chi connectivity index (χ1v) is 5.78. The Morgan fingerprint density at radius 3 is 2.06 bits per heavy atom. The van der Waals surface area contributed by atoms with Crippen LogP contribution in [0.5, 0.6) is 0 Å². The molecule has 0 atom stereocenters. The van der Waals surface area contributed by atoms with Crippen LogP contribution in [-0.2, 0) is 5.92 Å². The monoisotopic (exact) mass is 241 g/mol. The molecule has 0 unspecified atom stereocenters. The Hall–Kier alpha value is -0.960. The summed E-state index contributed by atoms with van der Waals surface area (Å²) in [6.07, 6.45) is -0.344. The molecule has 0 aromatic heterocycles. The van der Waals surface area contributed by atoms with Crippen LogP contribution in [-0.4, -0.2) is 5.54 Å². The first-order valence-electron chi connectivity index (χ1n) is 5.78. The van der Waals surface area contributed by atoms with Crippen molar-refractivity contribution in [3.8, 4) is 0 Å². The number of halogens is 2. The van der Waals surface area contributed by atoms with Gasteiger partial charge in [0.15, 0.2) is 0 Å². The quantitative estimate of drug-likeness (QED) is 0.855. The van der Waals surface area contributed by atoms with Crippen LogP contribution in [0.1, 0.15) is 42.5 Å². The van der Waals surface area contributed by atoms with Gasteiger partial charge in [0.05, 0.1) is 0 Å². The van der Waals surface area contributed by atoms with Gasteiger partial charge in [-0.15, -0.1) is 0 Å². The average molecular weight is 241 g/mol.